The van der Waals surface area contributed by atoms with Crippen molar-refractivity contribution in [2.45, 2.75) is 70.4 Å². The maximum Gasteiger partial charge on any atom is 0.302 e. The lowest BCUT2D eigenvalue weighted by Crippen LogP contribution is -2.32. The fourth-order valence-corrected chi connectivity index (χ4v) is 9.18. The number of ketones is 1. The normalized spacial score (nSPS) is 23.7. The zero-order chi connectivity index (χ0) is 41.1. The van der Waals surface area contributed by atoms with Gasteiger partial charge in [0.1, 0.15) is 23.5 Å². The standard InChI is InChI=1S/C49H52N4O6/c1-31-8-4-5-17-49(31)18-15-41(59-32(2)54)24-40(56)25-45(35-13-14-46(57)47(22-35)58-3)53-29-36-10-7-12-44(43(36)30-53)52-48-23-34(16-19-51-48)42(33-9-6-11-39(55)20-33)21-37-27-50-28-38(37)26-49/h4-14,16-17,20,22-23,27-31,41-42,45,50-52,55,57H,15,18-19,21,24-26H2,1-3H3/t31-,41+,42-,45-,49-/m0/s1. The number of H-pyrrole nitrogens is 1. The topological polar surface area (TPSA) is 138 Å². The summed E-state index contributed by atoms with van der Waals surface area (Å²) in [4.78, 5) is 30.3. The largest absolute Gasteiger partial charge is 0.508 e. The molecule has 4 bridgehead atoms. The van der Waals surface area contributed by atoms with Crippen molar-refractivity contribution < 1.29 is 29.3 Å². The van der Waals surface area contributed by atoms with Crippen LogP contribution in [0.3, 0.4) is 0 Å². The lowest BCUT2D eigenvalue weighted by Gasteiger charge is -2.38. The van der Waals surface area contributed by atoms with E-state index < -0.39 is 18.1 Å². The third kappa shape index (κ3) is 8.58. The summed E-state index contributed by atoms with van der Waals surface area (Å²) in [6, 6.07) is 18.4. The van der Waals surface area contributed by atoms with Crippen LogP contribution in [0.2, 0.25) is 0 Å². The number of esters is 1. The van der Waals surface area contributed by atoms with Gasteiger partial charge in [0.05, 0.1) is 13.2 Å². The van der Waals surface area contributed by atoms with Gasteiger partial charge in [-0.1, -0.05) is 67.6 Å². The number of rotatable bonds is 4. The molecule has 4 heterocycles. The van der Waals surface area contributed by atoms with Crippen LogP contribution in [0.15, 0.2) is 133 Å². The number of aromatic amines is 1. The van der Waals surface area contributed by atoms with Gasteiger partial charge >= 0.3 is 5.97 Å². The molecule has 2 aromatic heterocycles. The molecule has 3 aliphatic rings. The Balaban J connectivity index is 1.25. The number of nitrogens with zero attached hydrogens (tertiary/aromatic N) is 1. The van der Waals surface area contributed by atoms with Crippen molar-refractivity contribution in [1.82, 2.24) is 14.9 Å². The highest BCUT2D eigenvalue weighted by Gasteiger charge is 2.36. The number of Topliss-reactive ketones (excluding diaryl/α,β-unsaturated/α-hetero) is 1. The quantitative estimate of drug-likeness (QED) is 0.114. The van der Waals surface area contributed by atoms with Gasteiger partial charge in [-0.2, -0.15) is 0 Å². The smallest absolute Gasteiger partial charge is 0.302 e. The first kappa shape index (κ1) is 39.4. The number of ether oxygens (including phenoxy) is 2. The first-order valence-electron chi connectivity index (χ1n) is 20.5. The fourth-order valence-electron chi connectivity index (χ4n) is 9.18. The number of phenolic OH excluding ortho intramolecular Hbond substituents is 2. The van der Waals surface area contributed by atoms with Gasteiger partial charge in [-0.15, -0.1) is 0 Å². The molecular weight excluding hydrogens is 741 g/mol. The molecule has 5 atom stereocenters. The van der Waals surface area contributed by atoms with Crippen molar-refractivity contribution >= 4 is 28.2 Å². The molecule has 0 radical (unpaired) electrons. The van der Waals surface area contributed by atoms with E-state index in [2.05, 4.69) is 94.3 Å². The second-order valence-corrected chi connectivity index (χ2v) is 16.2. The highest BCUT2D eigenvalue weighted by molar-refractivity contribution is 5.94. The van der Waals surface area contributed by atoms with E-state index in [0.29, 0.717) is 31.6 Å². The molecule has 3 aromatic carbocycles. The Bertz CT molecular complexity index is 2490. The maximum atomic E-state index is 14.3. The van der Waals surface area contributed by atoms with E-state index in [0.717, 1.165) is 45.4 Å². The minimum atomic E-state index is -0.612. The molecule has 5 aromatic rings. The molecule has 0 saturated carbocycles. The third-order valence-electron chi connectivity index (χ3n) is 12.4. The molecule has 0 amide bonds. The molecule has 5 N–H and O–H groups in total. The molecule has 2 aliphatic heterocycles. The second-order valence-electron chi connectivity index (χ2n) is 16.2. The van der Waals surface area contributed by atoms with Crippen molar-refractivity contribution in [1.29, 1.82) is 0 Å². The molecular formula is C49H52N4O6. The molecule has 10 nitrogen and oxygen atoms in total. The Morgan fingerprint density at radius 1 is 0.949 bits per heavy atom. The van der Waals surface area contributed by atoms with Gasteiger partial charge in [-0.3, -0.25) is 9.59 Å². The monoisotopic (exact) mass is 792 g/mol. The molecule has 8 rings (SSSR count). The highest BCUT2D eigenvalue weighted by atomic mass is 16.5. The lowest BCUT2D eigenvalue weighted by molar-refractivity contribution is -0.148. The first-order chi connectivity index (χ1) is 28.6. The summed E-state index contributed by atoms with van der Waals surface area (Å²) in [7, 11) is 1.51. The van der Waals surface area contributed by atoms with Crippen LogP contribution in [0, 0.1) is 11.3 Å². The number of aromatic hydroxyl groups is 2. The molecule has 10 heteroatoms. The predicted molar refractivity (Wildman–Crippen MR) is 230 cm³/mol. The Morgan fingerprint density at radius 2 is 1.80 bits per heavy atom. The van der Waals surface area contributed by atoms with Crippen LogP contribution in [0.1, 0.15) is 73.7 Å². The summed E-state index contributed by atoms with van der Waals surface area (Å²) >= 11 is 0. The molecule has 0 unspecified atom stereocenters. The number of aromatic nitrogens is 2. The second kappa shape index (κ2) is 16.8. The van der Waals surface area contributed by atoms with Gasteiger partial charge in [-0.25, -0.2) is 0 Å². The molecule has 59 heavy (non-hydrogen) atoms. The fraction of sp³-hybridized carbons (Fsp3) is 0.306. The number of benzene rings is 3. The van der Waals surface area contributed by atoms with E-state index in [1.54, 1.807) is 18.2 Å². The number of carbonyl (C=O) groups excluding carboxylic acids is 2. The van der Waals surface area contributed by atoms with Crippen molar-refractivity contribution in [3.05, 3.63) is 156 Å². The zero-order valence-electron chi connectivity index (χ0n) is 33.8. The summed E-state index contributed by atoms with van der Waals surface area (Å²) in [5.41, 5.74) is 5.93. The highest BCUT2D eigenvalue weighted by Crippen LogP contribution is 2.44. The first-order valence-corrected chi connectivity index (χ1v) is 20.5. The number of anilines is 1. The SMILES string of the molecule is COc1cc([C@@H]2CC(=O)C[C@H](OC(C)=O)CC[C@@]3(C=CC=C[C@@H]3C)Cc3c[nH]cc3C[C@@H](c3cccc(O)c3)C3=CCNC(=C3)Nc3cccc4cn2cc34)ccc1O. The number of phenols is 2. The molecule has 1 spiro atoms. The number of dihydropyridines is 1. The zero-order valence-corrected chi connectivity index (χ0v) is 33.8. The van der Waals surface area contributed by atoms with E-state index >= 15 is 0 Å². The van der Waals surface area contributed by atoms with Gasteiger partial charge in [-0.05, 0) is 101 Å². The number of allylic oxidation sites excluding steroid dienone is 6. The van der Waals surface area contributed by atoms with Gasteiger partial charge in [0, 0.05) is 73.5 Å². The summed E-state index contributed by atoms with van der Waals surface area (Å²) in [6.45, 7) is 4.25. The number of carbonyl (C=O) groups is 2. The Kier molecular flexibility index (Phi) is 11.2. The minimum Gasteiger partial charge on any atom is -0.508 e. The Morgan fingerprint density at radius 3 is 2.61 bits per heavy atom. The third-order valence-corrected chi connectivity index (χ3v) is 12.4. The average Bonchev–Trinajstić information content (AvgIpc) is 3.86. The predicted octanol–water partition coefficient (Wildman–Crippen LogP) is 9.15. The van der Waals surface area contributed by atoms with E-state index in [9.17, 15) is 19.8 Å². The van der Waals surface area contributed by atoms with Crippen LogP contribution in [0.25, 0.3) is 10.8 Å². The Labute approximate surface area is 344 Å². The number of nitrogens with one attached hydrogen (secondary N) is 3. The van der Waals surface area contributed by atoms with Crippen LogP contribution in [-0.4, -0.2) is 51.3 Å². The summed E-state index contributed by atoms with van der Waals surface area (Å²) in [5.74, 6) is 1.07. The van der Waals surface area contributed by atoms with Gasteiger partial charge in [0.25, 0.3) is 0 Å². The van der Waals surface area contributed by atoms with Crippen LogP contribution < -0.4 is 15.4 Å². The van der Waals surface area contributed by atoms with Gasteiger partial charge in [0.15, 0.2) is 11.5 Å². The molecule has 0 saturated heterocycles. The van der Waals surface area contributed by atoms with E-state index in [1.807, 2.05) is 36.5 Å². The molecule has 304 valence electrons. The van der Waals surface area contributed by atoms with E-state index in [4.69, 9.17) is 9.47 Å². The summed E-state index contributed by atoms with van der Waals surface area (Å²) in [5, 5.41) is 30.3. The van der Waals surface area contributed by atoms with Gasteiger partial charge in [0.2, 0.25) is 0 Å². The average molecular weight is 793 g/mol. The van der Waals surface area contributed by atoms with Gasteiger partial charge < -0.3 is 39.9 Å². The van der Waals surface area contributed by atoms with Crippen molar-refractivity contribution in [3.8, 4) is 17.2 Å². The summed E-state index contributed by atoms with van der Waals surface area (Å²) in [6.07, 6.45) is 23.6. The van der Waals surface area contributed by atoms with E-state index in [-0.39, 0.29) is 47.4 Å². The van der Waals surface area contributed by atoms with Crippen LogP contribution in [0.5, 0.6) is 17.2 Å². The van der Waals surface area contributed by atoms with Crippen LogP contribution in [-0.2, 0) is 27.2 Å². The molecule has 1 aliphatic carbocycles. The lowest BCUT2D eigenvalue weighted by atomic mass is 9.66. The van der Waals surface area contributed by atoms with Crippen molar-refractivity contribution in [2.24, 2.45) is 11.3 Å². The number of fused-ring (bicyclic) bond motifs is 3. The summed E-state index contributed by atoms with van der Waals surface area (Å²) < 4.78 is 13.5. The van der Waals surface area contributed by atoms with Crippen molar-refractivity contribution in [3.63, 3.8) is 0 Å². The number of hydrogen-bond donors (Lipinski definition) is 5. The van der Waals surface area contributed by atoms with Crippen molar-refractivity contribution in [2.75, 3.05) is 19.0 Å². The minimum absolute atomic E-state index is 0.0128. The number of hydrogen-bond acceptors (Lipinski definition) is 8. The maximum absolute atomic E-state index is 14.3. The van der Waals surface area contributed by atoms with Crippen LogP contribution >= 0.6 is 0 Å². The van der Waals surface area contributed by atoms with Crippen LogP contribution in [0.4, 0.5) is 5.69 Å². The molecule has 0 fully saturated rings. The van der Waals surface area contributed by atoms with E-state index in [1.165, 1.54) is 25.2 Å². The number of methoxy groups -OCH3 is 1. The Hall–Kier alpha value is -6.42.